The third-order valence-electron chi connectivity index (χ3n) is 5.99. The van der Waals surface area contributed by atoms with Crippen LogP contribution in [0.1, 0.15) is 18.4 Å². The monoisotopic (exact) mass is 480 g/mol. The number of halogens is 2. The summed E-state index contributed by atoms with van der Waals surface area (Å²) in [6, 6.07) is 13.5. The van der Waals surface area contributed by atoms with Crippen LogP contribution in [-0.4, -0.2) is 28.5 Å². The van der Waals surface area contributed by atoms with Gasteiger partial charge >= 0.3 is 0 Å². The smallest absolute Gasteiger partial charge is 0.273 e. The lowest BCUT2D eigenvalue weighted by Crippen LogP contribution is -2.43. The van der Waals surface area contributed by atoms with Gasteiger partial charge in [0, 0.05) is 18.8 Å². The van der Waals surface area contributed by atoms with Crippen molar-refractivity contribution in [2.45, 2.75) is 19.4 Å². The highest BCUT2D eigenvalue weighted by Gasteiger charge is 2.29. The van der Waals surface area contributed by atoms with Gasteiger partial charge in [0.1, 0.15) is 16.3 Å². The normalized spacial score (nSPS) is 16.1. The van der Waals surface area contributed by atoms with Crippen molar-refractivity contribution in [3.8, 4) is 0 Å². The zero-order valence-electron chi connectivity index (χ0n) is 18.2. The highest BCUT2D eigenvalue weighted by Crippen LogP contribution is 2.26. The summed E-state index contributed by atoms with van der Waals surface area (Å²) in [5.41, 5.74) is 1.79. The van der Waals surface area contributed by atoms with Gasteiger partial charge in [0.2, 0.25) is 11.9 Å². The average molecular weight is 481 g/mol. The molecule has 1 fully saturated rings. The first kappa shape index (κ1) is 22.2. The van der Waals surface area contributed by atoms with Gasteiger partial charge in [0.25, 0.3) is 5.56 Å². The first-order valence-electron chi connectivity index (χ1n) is 11.0. The number of thiophene rings is 1. The molecule has 2 aromatic heterocycles. The van der Waals surface area contributed by atoms with Crippen LogP contribution in [0.2, 0.25) is 0 Å². The lowest BCUT2D eigenvalue weighted by Gasteiger charge is -2.34. The van der Waals surface area contributed by atoms with E-state index in [1.165, 1.54) is 47.7 Å². The quantitative estimate of drug-likeness (QED) is 0.452. The van der Waals surface area contributed by atoms with Crippen molar-refractivity contribution in [3.63, 3.8) is 0 Å². The molecule has 9 heteroatoms. The van der Waals surface area contributed by atoms with E-state index in [9.17, 15) is 18.4 Å². The Morgan fingerprint density at radius 1 is 1.06 bits per heavy atom. The fraction of sp³-hybridized carbons (Fsp3) is 0.240. The predicted octanol–water partition coefficient (Wildman–Crippen LogP) is 4.64. The molecule has 4 aromatic rings. The lowest BCUT2D eigenvalue weighted by atomic mass is 9.97. The van der Waals surface area contributed by atoms with Crippen molar-refractivity contribution in [2.75, 3.05) is 23.3 Å². The van der Waals surface area contributed by atoms with Crippen molar-refractivity contribution < 1.29 is 13.6 Å². The number of amides is 1. The molecule has 0 saturated carbocycles. The summed E-state index contributed by atoms with van der Waals surface area (Å²) in [6.45, 7) is 1.31. The molecule has 2 aromatic carbocycles. The SMILES string of the molecule is O=C(Nc1ccc(F)cc1)[C@@H]1CCCN(c2nc3ccsc3c(=O)n2Cc2ccc(F)cc2)C1. The lowest BCUT2D eigenvalue weighted by molar-refractivity contribution is -0.120. The Labute approximate surface area is 198 Å². The summed E-state index contributed by atoms with van der Waals surface area (Å²) in [6.07, 6.45) is 1.46. The second kappa shape index (κ2) is 9.34. The highest BCUT2D eigenvalue weighted by atomic mass is 32.1. The average Bonchev–Trinajstić information content (AvgIpc) is 3.33. The molecule has 6 nitrogen and oxygen atoms in total. The Balaban J connectivity index is 1.44. The summed E-state index contributed by atoms with van der Waals surface area (Å²) >= 11 is 1.34. The van der Waals surface area contributed by atoms with Crippen LogP contribution in [0.4, 0.5) is 20.4 Å². The largest absolute Gasteiger partial charge is 0.341 e. The van der Waals surface area contributed by atoms with Crippen LogP contribution in [-0.2, 0) is 11.3 Å². The fourth-order valence-electron chi connectivity index (χ4n) is 4.24. The number of piperidine rings is 1. The van der Waals surface area contributed by atoms with E-state index in [1.807, 2.05) is 16.3 Å². The van der Waals surface area contributed by atoms with Crippen molar-refractivity contribution in [1.29, 1.82) is 0 Å². The molecule has 1 aliphatic heterocycles. The molecule has 1 N–H and O–H groups in total. The van der Waals surface area contributed by atoms with Crippen molar-refractivity contribution in [2.24, 2.45) is 5.92 Å². The van der Waals surface area contributed by atoms with E-state index in [0.29, 0.717) is 41.4 Å². The summed E-state index contributed by atoms with van der Waals surface area (Å²) in [7, 11) is 0. The van der Waals surface area contributed by atoms with Gasteiger partial charge in [0.05, 0.1) is 18.0 Å². The molecule has 5 rings (SSSR count). The number of carbonyl (C=O) groups is 1. The third-order valence-corrected chi connectivity index (χ3v) is 6.88. The van der Waals surface area contributed by atoms with E-state index < -0.39 is 0 Å². The van der Waals surface area contributed by atoms with Crippen LogP contribution < -0.4 is 15.8 Å². The molecule has 3 heterocycles. The number of hydrogen-bond donors (Lipinski definition) is 1. The van der Waals surface area contributed by atoms with Gasteiger partial charge in [0.15, 0.2) is 0 Å². The Morgan fingerprint density at radius 2 is 1.76 bits per heavy atom. The summed E-state index contributed by atoms with van der Waals surface area (Å²) < 4.78 is 28.7. The Hall–Kier alpha value is -3.59. The molecule has 0 spiro atoms. The van der Waals surface area contributed by atoms with E-state index in [4.69, 9.17) is 4.98 Å². The second-order valence-electron chi connectivity index (χ2n) is 8.35. The zero-order chi connectivity index (χ0) is 23.7. The van der Waals surface area contributed by atoms with Gasteiger partial charge in [-0.25, -0.2) is 13.8 Å². The Morgan fingerprint density at radius 3 is 2.50 bits per heavy atom. The van der Waals surface area contributed by atoms with Crippen molar-refractivity contribution in [3.05, 3.63) is 87.5 Å². The molecule has 1 saturated heterocycles. The number of fused-ring (bicyclic) bond motifs is 1. The van der Waals surface area contributed by atoms with Gasteiger partial charge in [-0.05, 0) is 66.2 Å². The van der Waals surface area contributed by atoms with Gasteiger partial charge in [-0.2, -0.15) is 0 Å². The standard InChI is InChI=1S/C25H22F2N4O2S/c26-18-5-3-16(4-6-18)14-31-24(33)22-21(11-13-34-22)29-25(31)30-12-1-2-17(15-30)23(32)28-20-9-7-19(27)8-10-20/h3-11,13,17H,1-2,12,14-15H2,(H,28,32)/t17-/m1/s1. The van der Waals surface area contributed by atoms with Crippen LogP contribution in [0.5, 0.6) is 0 Å². The van der Waals surface area contributed by atoms with E-state index >= 15 is 0 Å². The van der Waals surface area contributed by atoms with Crippen LogP contribution >= 0.6 is 11.3 Å². The molecule has 0 unspecified atom stereocenters. The van der Waals surface area contributed by atoms with Crippen LogP contribution in [0.25, 0.3) is 10.2 Å². The van der Waals surface area contributed by atoms with Crippen LogP contribution in [0, 0.1) is 17.6 Å². The number of benzene rings is 2. The van der Waals surface area contributed by atoms with Gasteiger partial charge in [-0.15, -0.1) is 11.3 Å². The van der Waals surface area contributed by atoms with E-state index in [-0.39, 0.29) is 35.6 Å². The second-order valence-corrected chi connectivity index (χ2v) is 9.26. The predicted molar refractivity (Wildman–Crippen MR) is 129 cm³/mol. The molecule has 174 valence electrons. The maximum absolute atomic E-state index is 13.4. The van der Waals surface area contributed by atoms with Gasteiger partial charge < -0.3 is 10.2 Å². The van der Waals surface area contributed by atoms with Crippen LogP contribution in [0.15, 0.2) is 64.8 Å². The van der Waals surface area contributed by atoms with Crippen molar-refractivity contribution in [1.82, 2.24) is 9.55 Å². The molecule has 1 amide bonds. The maximum atomic E-state index is 13.4. The van der Waals surface area contributed by atoms with Crippen LogP contribution in [0.3, 0.4) is 0 Å². The third kappa shape index (κ3) is 4.56. The maximum Gasteiger partial charge on any atom is 0.273 e. The molecular weight excluding hydrogens is 458 g/mol. The topological polar surface area (TPSA) is 67.2 Å². The first-order chi connectivity index (χ1) is 16.5. The number of nitrogens with one attached hydrogen (secondary N) is 1. The number of carbonyl (C=O) groups excluding carboxylic acids is 1. The summed E-state index contributed by atoms with van der Waals surface area (Å²) in [4.78, 5) is 33.0. The minimum Gasteiger partial charge on any atom is -0.341 e. The molecule has 1 atom stereocenters. The summed E-state index contributed by atoms with van der Waals surface area (Å²) in [5.74, 6) is -0.668. The molecule has 0 radical (unpaired) electrons. The molecule has 34 heavy (non-hydrogen) atoms. The van der Waals surface area contributed by atoms with E-state index in [2.05, 4.69) is 5.32 Å². The van der Waals surface area contributed by atoms with E-state index in [1.54, 1.807) is 16.7 Å². The minimum atomic E-state index is -0.365. The Kier molecular flexibility index (Phi) is 6.10. The number of aromatic nitrogens is 2. The minimum absolute atomic E-state index is 0.152. The zero-order valence-corrected chi connectivity index (χ0v) is 19.0. The number of anilines is 2. The van der Waals surface area contributed by atoms with E-state index in [0.717, 1.165) is 12.0 Å². The molecular formula is C25H22F2N4O2S. The van der Waals surface area contributed by atoms with Gasteiger partial charge in [-0.3, -0.25) is 14.2 Å². The summed E-state index contributed by atoms with van der Waals surface area (Å²) in [5, 5.41) is 4.69. The molecule has 0 aliphatic carbocycles. The number of rotatable bonds is 5. The fourth-order valence-corrected chi connectivity index (χ4v) is 5.02. The van der Waals surface area contributed by atoms with Gasteiger partial charge in [-0.1, -0.05) is 12.1 Å². The number of hydrogen-bond acceptors (Lipinski definition) is 5. The number of nitrogens with zero attached hydrogens (tertiary/aromatic N) is 3. The Bertz CT molecular complexity index is 1380. The van der Waals surface area contributed by atoms with Crippen molar-refractivity contribution >= 4 is 39.1 Å². The molecule has 1 aliphatic rings. The molecule has 0 bridgehead atoms. The first-order valence-corrected chi connectivity index (χ1v) is 11.9. The highest BCUT2D eigenvalue weighted by molar-refractivity contribution is 7.17.